The molecule has 1 saturated heterocycles. The van der Waals surface area contributed by atoms with E-state index < -0.39 is 23.7 Å². The third-order valence-corrected chi connectivity index (χ3v) is 5.21. The van der Waals surface area contributed by atoms with Gasteiger partial charge >= 0.3 is 5.97 Å². The first kappa shape index (κ1) is 16.0. The maximum absolute atomic E-state index is 13.1. The Kier molecular flexibility index (Phi) is 4.15. The van der Waals surface area contributed by atoms with Crippen LogP contribution in [0.3, 0.4) is 0 Å². The summed E-state index contributed by atoms with van der Waals surface area (Å²) in [4.78, 5) is 38.3. The second-order valence-electron chi connectivity index (χ2n) is 6.32. The maximum atomic E-state index is 13.1. The molecule has 3 rings (SSSR count). The summed E-state index contributed by atoms with van der Waals surface area (Å²) in [5, 5.41) is 9.64. The molecule has 0 bridgehead atoms. The molecule has 2 aliphatic rings. The Hall–Kier alpha value is -1.88. The van der Waals surface area contributed by atoms with Crippen molar-refractivity contribution >= 4 is 29.4 Å². The Morgan fingerprint density at radius 1 is 1.26 bits per heavy atom. The number of rotatable bonds is 4. The van der Waals surface area contributed by atoms with E-state index in [1.54, 1.807) is 24.3 Å². The molecular weight excluding hydrogens is 318 g/mol. The zero-order chi connectivity index (χ0) is 16.6. The van der Waals surface area contributed by atoms with E-state index in [0.717, 1.165) is 25.7 Å². The van der Waals surface area contributed by atoms with Crippen LogP contribution in [0.15, 0.2) is 24.3 Å². The van der Waals surface area contributed by atoms with Gasteiger partial charge in [-0.25, -0.2) is 0 Å². The molecule has 5 nitrogen and oxygen atoms in total. The fourth-order valence-corrected chi connectivity index (χ4v) is 4.16. The third-order valence-electron chi connectivity index (χ3n) is 4.88. The Labute approximate surface area is 139 Å². The van der Waals surface area contributed by atoms with Crippen LogP contribution >= 0.6 is 11.6 Å². The Bertz CT molecular complexity index is 668. The van der Waals surface area contributed by atoms with Gasteiger partial charge in [0.2, 0.25) is 11.8 Å². The number of carboxylic acid groups (broad SMARTS) is 1. The first-order chi connectivity index (χ1) is 11.0. The molecule has 1 N–H and O–H groups in total. The zero-order valence-electron chi connectivity index (χ0n) is 12.6. The van der Waals surface area contributed by atoms with Gasteiger partial charge in [0.25, 0.3) is 0 Å². The standard InChI is InChI=1S/C17H18ClNO4/c18-13-8-4-3-7-12(13)17(10-15(21)22)9-14(20)19(16(17)23)11-5-1-2-6-11/h3-4,7-8,11H,1-2,5-6,9-10H2,(H,21,22)/t17-/m0/s1. The molecule has 1 aliphatic carbocycles. The Balaban J connectivity index is 2.07. The van der Waals surface area contributed by atoms with E-state index in [1.165, 1.54) is 4.90 Å². The molecule has 1 aromatic rings. The highest BCUT2D eigenvalue weighted by Gasteiger charge is 2.56. The predicted molar refractivity (Wildman–Crippen MR) is 84.1 cm³/mol. The highest BCUT2D eigenvalue weighted by Crippen LogP contribution is 2.44. The molecule has 1 heterocycles. The summed E-state index contributed by atoms with van der Waals surface area (Å²) in [6.07, 6.45) is 3.01. The maximum Gasteiger partial charge on any atom is 0.304 e. The summed E-state index contributed by atoms with van der Waals surface area (Å²) in [5.41, 5.74) is -0.952. The number of nitrogens with zero attached hydrogens (tertiary/aromatic N) is 1. The van der Waals surface area contributed by atoms with Gasteiger partial charge in [0.1, 0.15) is 0 Å². The Morgan fingerprint density at radius 2 is 1.91 bits per heavy atom. The number of halogens is 1. The minimum absolute atomic E-state index is 0.104. The molecule has 2 amide bonds. The van der Waals surface area contributed by atoms with E-state index in [1.807, 2.05) is 0 Å². The van der Waals surface area contributed by atoms with E-state index in [2.05, 4.69) is 0 Å². The summed E-state index contributed by atoms with van der Waals surface area (Å²) in [7, 11) is 0. The molecule has 122 valence electrons. The van der Waals surface area contributed by atoms with Gasteiger partial charge in [0.05, 0.1) is 11.8 Å². The van der Waals surface area contributed by atoms with Crippen LogP contribution in [0, 0.1) is 0 Å². The first-order valence-corrected chi connectivity index (χ1v) is 8.17. The van der Waals surface area contributed by atoms with E-state index in [4.69, 9.17) is 11.6 Å². The van der Waals surface area contributed by atoms with Crippen molar-refractivity contribution in [3.8, 4) is 0 Å². The Morgan fingerprint density at radius 3 is 2.52 bits per heavy atom. The number of imide groups is 1. The van der Waals surface area contributed by atoms with Crippen molar-refractivity contribution in [2.45, 2.75) is 50.0 Å². The van der Waals surface area contributed by atoms with E-state index >= 15 is 0 Å². The van der Waals surface area contributed by atoms with Crippen LogP contribution in [-0.4, -0.2) is 33.8 Å². The van der Waals surface area contributed by atoms with E-state index in [-0.39, 0.29) is 18.4 Å². The second kappa shape index (κ2) is 5.96. The molecule has 23 heavy (non-hydrogen) atoms. The number of hydrogen-bond acceptors (Lipinski definition) is 3. The fraction of sp³-hybridized carbons (Fsp3) is 0.471. The van der Waals surface area contributed by atoms with E-state index in [0.29, 0.717) is 10.6 Å². The molecule has 1 saturated carbocycles. The normalized spacial score (nSPS) is 25.3. The van der Waals surface area contributed by atoms with Crippen molar-refractivity contribution in [2.24, 2.45) is 0 Å². The first-order valence-electron chi connectivity index (χ1n) is 7.79. The topological polar surface area (TPSA) is 74.7 Å². The highest BCUT2D eigenvalue weighted by atomic mass is 35.5. The van der Waals surface area contributed by atoms with Crippen LogP contribution in [0.2, 0.25) is 5.02 Å². The van der Waals surface area contributed by atoms with Gasteiger partial charge in [-0.15, -0.1) is 0 Å². The molecule has 0 unspecified atom stereocenters. The summed E-state index contributed by atoms with van der Waals surface area (Å²) in [6.45, 7) is 0. The van der Waals surface area contributed by atoms with Gasteiger partial charge in [-0.3, -0.25) is 19.3 Å². The van der Waals surface area contributed by atoms with Crippen molar-refractivity contribution in [1.29, 1.82) is 0 Å². The number of benzene rings is 1. The summed E-state index contributed by atoms with van der Waals surface area (Å²) >= 11 is 6.22. The summed E-state index contributed by atoms with van der Waals surface area (Å²) in [6, 6.07) is 6.59. The number of carbonyl (C=O) groups excluding carboxylic acids is 2. The number of carboxylic acids is 1. The largest absolute Gasteiger partial charge is 0.481 e. The van der Waals surface area contributed by atoms with Crippen LogP contribution < -0.4 is 0 Å². The van der Waals surface area contributed by atoms with Crippen molar-refractivity contribution in [3.63, 3.8) is 0 Å². The second-order valence-corrected chi connectivity index (χ2v) is 6.72. The van der Waals surface area contributed by atoms with Crippen molar-refractivity contribution in [1.82, 2.24) is 4.90 Å². The average molecular weight is 336 g/mol. The molecule has 1 atom stereocenters. The minimum Gasteiger partial charge on any atom is -0.481 e. The zero-order valence-corrected chi connectivity index (χ0v) is 13.4. The monoisotopic (exact) mass is 335 g/mol. The SMILES string of the molecule is O=C(O)C[C@]1(c2ccccc2Cl)CC(=O)N(C2CCCC2)C1=O. The third kappa shape index (κ3) is 2.63. The number of amides is 2. The van der Waals surface area contributed by atoms with Crippen molar-refractivity contribution in [2.75, 3.05) is 0 Å². The number of aliphatic carboxylic acids is 1. The lowest BCUT2D eigenvalue weighted by atomic mass is 9.76. The highest BCUT2D eigenvalue weighted by molar-refractivity contribution is 6.32. The molecule has 6 heteroatoms. The molecule has 1 aromatic carbocycles. The van der Waals surface area contributed by atoms with Crippen LogP contribution in [0.1, 0.15) is 44.1 Å². The smallest absolute Gasteiger partial charge is 0.304 e. The minimum atomic E-state index is -1.39. The predicted octanol–water partition coefficient (Wildman–Crippen LogP) is 2.75. The number of carbonyl (C=O) groups is 3. The van der Waals surface area contributed by atoms with Crippen molar-refractivity contribution < 1.29 is 19.5 Å². The van der Waals surface area contributed by atoms with Gasteiger partial charge in [-0.05, 0) is 24.5 Å². The number of likely N-dealkylation sites (tertiary alicyclic amines) is 1. The van der Waals surface area contributed by atoms with Crippen LogP contribution in [0.4, 0.5) is 0 Å². The fourth-order valence-electron chi connectivity index (χ4n) is 3.85. The summed E-state index contributed by atoms with van der Waals surface area (Å²) < 4.78 is 0. The van der Waals surface area contributed by atoms with Gasteiger partial charge < -0.3 is 5.11 Å². The summed E-state index contributed by atoms with van der Waals surface area (Å²) in [5.74, 6) is -1.81. The lowest BCUT2D eigenvalue weighted by Gasteiger charge is -2.28. The average Bonchev–Trinajstić information content (AvgIpc) is 3.07. The van der Waals surface area contributed by atoms with Crippen molar-refractivity contribution in [3.05, 3.63) is 34.9 Å². The van der Waals surface area contributed by atoms with Crippen LogP contribution in [0.25, 0.3) is 0 Å². The molecular formula is C17H18ClNO4. The van der Waals surface area contributed by atoms with Gasteiger partial charge in [0.15, 0.2) is 0 Å². The van der Waals surface area contributed by atoms with Gasteiger partial charge in [-0.1, -0.05) is 42.6 Å². The van der Waals surface area contributed by atoms with Gasteiger partial charge in [0, 0.05) is 17.5 Å². The van der Waals surface area contributed by atoms with Crippen LogP contribution in [0.5, 0.6) is 0 Å². The quantitative estimate of drug-likeness (QED) is 0.858. The molecule has 1 aliphatic heterocycles. The molecule has 2 fully saturated rings. The number of hydrogen-bond donors (Lipinski definition) is 1. The molecule has 0 spiro atoms. The van der Waals surface area contributed by atoms with E-state index in [9.17, 15) is 19.5 Å². The molecule has 0 radical (unpaired) electrons. The molecule has 0 aromatic heterocycles. The van der Waals surface area contributed by atoms with Crippen LogP contribution in [-0.2, 0) is 19.8 Å². The lowest BCUT2D eigenvalue weighted by molar-refractivity contribution is -0.146. The van der Waals surface area contributed by atoms with Gasteiger partial charge in [-0.2, -0.15) is 0 Å². The lowest BCUT2D eigenvalue weighted by Crippen LogP contribution is -2.44.